The third-order valence-electron chi connectivity index (χ3n) is 3.98. The van der Waals surface area contributed by atoms with Crippen molar-refractivity contribution in [2.24, 2.45) is 11.8 Å². The van der Waals surface area contributed by atoms with Crippen LogP contribution < -0.4 is 10.6 Å². The first-order valence-corrected chi connectivity index (χ1v) is 8.24. The van der Waals surface area contributed by atoms with Crippen molar-refractivity contribution in [3.63, 3.8) is 0 Å². The molecule has 0 spiro atoms. The van der Waals surface area contributed by atoms with E-state index in [-0.39, 0.29) is 0 Å². The normalized spacial score (nSPS) is 20.8. The van der Waals surface area contributed by atoms with E-state index in [1.807, 2.05) is 0 Å². The minimum atomic E-state index is 0.627. The summed E-state index contributed by atoms with van der Waals surface area (Å²) in [5.74, 6) is 1.74. The minimum Gasteiger partial charge on any atom is -0.315 e. The van der Waals surface area contributed by atoms with E-state index in [9.17, 15) is 0 Å². The van der Waals surface area contributed by atoms with Crippen molar-refractivity contribution in [2.75, 3.05) is 39.3 Å². The van der Waals surface area contributed by atoms with Crippen LogP contribution in [0.1, 0.15) is 47.0 Å². The highest BCUT2D eigenvalue weighted by molar-refractivity contribution is 4.76. The Morgan fingerprint density at radius 3 is 2.58 bits per heavy atom. The van der Waals surface area contributed by atoms with Crippen LogP contribution in [0.5, 0.6) is 0 Å². The predicted molar refractivity (Wildman–Crippen MR) is 84.6 cm³/mol. The topological polar surface area (TPSA) is 27.3 Å². The van der Waals surface area contributed by atoms with Crippen molar-refractivity contribution in [1.82, 2.24) is 15.5 Å². The Balaban J connectivity index is 1.96. The lowest BCUT2D eigenvalue weighted by Crippen LogP contribution is -2.31. The highest BCUT2D eigenvalue weighted by atomic mass is 15.2. The van der Waals surface area contributed by atoms with Crippen molar-refractivity contribution >= 4 is 0 Å². The first-order valence-electron chi connectivity index (χ1n) is 8.24. The summed E-state index contributed by atoms with van der Waals surface area (Å²) in [5, 5.41) is 7.09. The van der Waals surface area contributed by atoms with Gasteiger partial charge in [-0.25, -0.2) is 0 Å². The SMILES string of the molecule is CC(C)CCNCCN1CCC(CCNC(C)C)C1. The van der Waals surface area contributed by atoms with Crippen molar-refractivity contribution in [3.05, 3.63) is 0 Å². The van der Waals surface area contributed by atoms with Gasteiger partial charge in [0.25, 0.3) is 0 Å². The molecule has 1 rings (SSSR count). The Morgan fingerprint density at radius 1 is 1.11 bits per heavy atom. The molecule has 0 radical (unpaired) electrons. The van der Waals surface area contributed by atoms with E-state index in [1.54, 1.807) is 0 Å². The largest absolute Gasteiger partial charge is 0.315 e. The van der Waals surface area contributed by atoms with Gasteiger partial charge in [-0.05, 0) is 50.7 Å². The van der Waals surface area contributed by atoms with Gasteiger partial charge < -0.3 is 15.5 Å². The highest BCUT2D eigenvalue weighted by Gasteiger charge is 2.21. The molecule has 0 aliphatic carbocycles. The minimum absolute atomic E-state index is 0.627. The number of likely N-dealkylation sites (tertiary alicyclic amines) is 1. The number of hydrogen-bond acceptors (Lipinski definition) is 3. The lowest BCUT2D eigenvalue weighted by Gasteiger charge is -2.17. The van der Waals surface area contributed by atoms with Crippen molar-refractivity contribution in [3.8, 4) is 0 Å². The molecule has 1 aliphatic rings. The number of hydrogen-bond donors (Lipinski definition) is 2. The van der Waals surface area contributed by atoms with E-state index < -0.39 is 0 Å². The molecule has 1 unspecified atom stereocenters. The zero-order chi connectivity index (χ0) is 14.1. The van der Waals surface area contributed by atoms with Crippen molar-refractivity contribution < 1.29 is 0 Å². The van der Waals surface area contributed by atoms with Crippen LogP contribution in [0.4, 0.5) is 0 Å². The molecule has 0 amide bonds. The molecule has 0 aromatic carbocycles. The second-order valence-electron chi connectivity index (χ2n) is 6.79. The van der Waals surface area contributed by atoms with E-state index in [2.05, 4.69) is 43.2 Å². The molecular formula is C16H35N3. The van der Waals surface area contributed by atoms with Crippen molar-refractivity contribution in [1.29, 1.82) is 0 Å². The van der Waals surface area contributed by atoms with Crippen LogP contribution in [0.3, 0.4) is 0 Å². The van der Waals surface area contributed by atoms with E-state index in [0.29, 0.717) is 6.04 Å². The first-order chi connectivity index (χ1) is 9.08. The van der Waals surface area contributed by atoms with Gasteiger partial charge in [0.15, 0.2) is 0 Å². The van der Waals surface area contributed by atoms with Gasteiger partial charge >= 0.3 is 0 Å². The molecule has 1 atom stereocenters. The fraction of sp³-hybridized carbons (Fsp3) is 1.00. The molecular weight excluding hydrogens is 234 g/mol. The summed E-state index contributed by atoms with van der Waals surface area (Å²) in [6.07, 6.45) is 4.03. The Bertz CT molecular complexity index is 216. The standard InChI is InChI=1S/C16H35N3/c1-14(2)5-8-17-10-12-19-11-7-16(13-19)6-9-18-15(3)4/h14-18H,5-13H2,1-4H3. The molecule has 19 heavy (non-hydrogen) atoms. The smallest absolute Gasteiger partial charge is 0.0107 e. The van der Waals surface area contributed by atoms with Gasteiger partial charge in [0.1, 0.15) is 0 Å². The zero-order valence-electron chi connectivity index (χ0n) is 13.5. The summed E-state index contributed by atoms with van der Waals surface area (Å²) in [4.78, 5) is 2.63. The van der Waals surface area contributed by atoms with E-state index in [0.717, 1.165) is 18.4 Å². The van der Waals surface area contributed by atoms with Crippen LogP contribution in [0.2, 0.25) is 0 Å². The Hall–Kier alpha value is -0.120. The fourth-order valence-corrected chi connectivity index (χ4v) is 2.68. The third-order valence-corrected chi connectivity index (χ3v) is 3.98. The molecule has 0 aromatic heterocycles. The Kier molecular flexibility index (Phi) is 8.67. The fourth-order valence-electron chi connectivity index (χ4n) is 2.68. The molecule has 3 nitrogen and oxygen atoms in total. The maximum absolute atomic E-state index is 3.56. The van der Waals surface area contributed by atoms with Gasteiger partial charge in [-0.2, -0.15) is 0 Å². The molecule has 2 N–H and O–H groups in total. The summed E-state index contributed by atoms with van der Waals surface area (Å²) < 4.78 is 0. The summed E-state index contributed by atoms with van der Waals surface area (Å²) >= 11 is 0. The molecule has 0 saturated carbocycles. The molecule has 3 heteroatoms. The summed E-state index contributed by atoms with van der Waals surface area (Å²) in [6.45, 7) is 16.4. The predicted octanol–water partition coefficient (Wildman–Crippen LogP) is 2.33. The average molecular weight is 269 g/mol. The van der Waals surface area contributed by atoms with Gasteiger partial charge in [0.05, 0.1) is 0 Å². The molecule has 114 valence electrons. The van der Waals surface area contributed by atoms with E-state index >= 15 is 0 Å². The van der Waals surface area contributed by atoms with Crippen LogP contribution in [0.25, 0.3) is 0 Å². The Labute approximate surface area is 120 Å². The summed E-state index contributed by atoms with van der Waals surface area (Å²) in [7, 11) is 0. The van der Waals surface area contributed by atoms with Gasteiger partial charge in [-0.15, -0.1) is 0 Å². The summed E-state index contributed by atoms with van der Waals surface area (Å²) in [6, 6.07) is 0.627. The van der Waals surface area contributed by atoms with E-state index in [1.165, 1.54) is 52.0 Å². The molecule has 1 saturated heterocycles. The maximum atomic E-state index is 3.56. The molecule has 0 bridgehead atoms. The van der Waals surface area contributed by atoms with Crippen molar-refractivity contribution in [2.45, 2.75) is 53.0 Å². The van der Waals surface area contributed by atoms with Gasteiger partial charge in [-0.3, -0.25) is 0 Å². The monoisotopic (exact) mass is 269 g/mol. The molecule has 1 heterocycles. The molecule has 0 aromatic rings. The van der Waals surface area contributed by atoms with Crippen LogP contribution in [-0.2, 0) is 0 Å². The van der Waals surface area contributed by atoms with E-state index in [4.69, 9.17) is 0 Å². The zero-order valence-corrected chi connectivity index (χ0v) is 13.5. The Morgan fingerprint density at radius 2 is 1.89 bits per heavy atom. The second-order valence-corrected chi connectivity index (χ2v) is 6.79. The maximum Gasteiger partial charge on any atom is 0.0107 e. The summed E-state index contributed by atoms with van der Waals surface area (Å²) in [5.41, 5.74) is 0. The quantitative estimate of drug-likeness (QED) is 0.596. The molecule has 1 aliphatic heterocycles. The van der Waals surface area contributed by atoms with Crippen LogP contribution in [-0.4, -0.2) is 50.2 Å². The highest BCUT2D eigenvalue weighted by Crippen LogP contribution is 2.18. The lowest BCUT2D eigenvalue weighted by atomic mass is 10.1. The first kappa shape index (κ1) is 16.9. The number of nitrogens with zero attached hydrogens (tertiary/aromatic N) is 1. The van der Waals surface area contributed by atoms with Crippen LogP contribution >= 0.6 is 0 Å². The van der Waals surface area contributed by atoms with Gasteiger partial charge in [-0.1, -0.05) is 27.7 Å². The second kappa shape index (κ2) is 9.73. The lowest BCUT2D eigenvalue weighted by molar-refractivity contribution is 0.316. The van der Waals surface area contributed by atoms with Crippen LogP contribution in [0, 0.1) is 11.8 Å². The third kappa shape index (κ3) is 8.61. The number of nitrogens with one attached hydrogen (secondary N) is 2. The van der Waals surface area contributed by atoms with Crippen LogP contribution in [0.15, 0.2) is 0 Å². The molecule has 1 fully saturated rings. The number of rotatable bonds is 10. The average Bonchev–Trinajstić information content (AvgIpc) is 2.76. The van der Waals surface area contributed by atoms with Gasteiger partial charge in [0.2, 0.25) is 0 Å². The van der Waals surface area contributed by atoms with Gasteiger partial charge in [0, 0.05) is 25.7 Å².